The van der Waals surface area contributed by atoms with E-state index in [4.69, 9.17) is 18.5 Å². The molecule has 1 aliphatic carbocycles. The third-order valence-electron chi connectivity index (χ3n) is 14.5. The first-order valence-corrected chi connectivity index (χ1v) is 31.4. The molecule has 0 spiro atoms. The zero-order valence-corrected chi connectivity index (χ0v) is 46.2. The number of rotatable bonds is 53. The van der Waals surface area contributed by atoms with Crippen LogP contribution in [0.3, 0.4) is 0 Å². The van der Waals surface area contributed by atoms with Gasteiger partial charge in [-0.15, -0.1) is 0 Å². The van der Waals surface area contributed by atoms with Crippen molar-refractivity contribution < 1.29 is 58.3 Å². The van der Waals surface area contributed by atoms with Gasteiger partial charge in [0, 0.05) is 13.0 Å². The number of phosphoric ester groups is 1. The van der Waals surface area contributed by atoms with Gasteiger partial charge in [0.05, 0.1) is 13.2 Å². The van der Waals surface area contributed by atoms with Crippen LogP contribution < -0.4 is 0 Å². The lowest BCUT2D eigenvalue weighted by Crippen LogP contribution is -2.64. The zero-order valence-electron chi connectivity index (χ0n) is 45.4. The number of hydrogen-bond acceptors (Lipinski definition) is 11. The number of esters is 1. The fraction of sp³-hybridized carbons (Fsp3) is 0.982. The lowest BCUT2D eigenvalue weighted by atomic mass is 9.85. The van der Waals surface area contributed by atoms with Crippen molar-refractivity contribution in [2.75, 3.05) is 19.8 Å². The normalized spacial score (nSPS) is 20.7. The first-order chi connectivity index (χ1) is 34.0. The van der Waals surface area contributed by atoms with Crippen LogP contribution in [-0.4, -0.2) is 98.9 Å². The molecule has 0 bridgehead atoms. The van der Waals surface area contributed by atoms with Crippen LogP contribution in [0.25, 0.3) is 0 Å². The molecule has 0 aromatic carbocycles. The molecule has 0 aromatic rings. The summed E-state index contributed by atoms with van der Waals surface area (Å²) in [4.78, 5) is 23.3. The minimum atomic E-state index is -5.02. The molecule has 418 valence electrons. The fourth-order valence-electron chi connectivity index (χ4n) is 9.77. The van der Waals surface area contributed by atoms with E-state index >= 15 is 0 Å². The Morgan fingerprint density at radius 2 is 0.671 bits per heavy atom. The molecular formula is C57H113O12P. The molecule has 1 fully saturated rings. The Hall–Kier alpha value is -0.660. The van der Waals surface area contributed by atoms with Gasteiger partial charge >= 0.3 is 13.8 Å². The first kappa shape index (κ1) is 67.4. The molecule has 1 rings (SSSR count). The molecule has 0 heterocycles. The highest BCUT2D eigenvalue weighted by atomic mass is 31.2. The van der Waals surface area contributed by atoms with Crippen molar-refractivity contribution in [3.05, 3.63) is 0 Å². The molecule has 0 aliphatic heterocycles. The molecule has 0 amide bonds. The van der Waals surface area contributed by atoms with E-state index in [1.807, 2.05) is 0 Å². The van der Waals surface area contributed by atoms with Crippen LogP contribution in [0.2, 0.25) is 0 Å². The maximum Gasteiger partial charge on any atom is 0.472 e. The van der Waals surface area contributed by atoms with Gasteiger partial charge in [0.2, 0.25) is 0 Å². The molecule has 70 heavy (non-hydrogen) atoms. The summed E-state index contributed by atoms with van der Waals surface area (Å²) in [7, 11) is -5.02. The van der Waals surface area contributed by atoms with Gasteiger partial charge in [0.1, 0.15) is 42.7 Å². The van der Waals surface area contributed by atoms with E-state index in [1.165, 1.54) is 231 Å². The number of carbonyl (C=O) groups is 1. The van der Waals surface area contributed by atoms with Crippen LogP contribution in [0.1, 0.15) is 296 Å². The average Bonchev–Trinajstić information content (AvgIpc) is 3.35. The maximum absolute atomic E-state index is 12.9. The number of aliphatic hydroxyl groups excluding tert-OH is 5. The minimum Gasteiger partial charge on any atom is -0.457 e. The summed E-state index contributed by atoms with van der Waals surface area (Å²) in [5, 5.41) is 50.4. The Morgan fingerprint density at radius 1 is 0.400 bits per heavy atom. The van der Waals surface area contributed by atoms with Crippen LogP contribution in [0.15, 0.2) is 0 Å². The quantitative estimate of drug-likeness (QED) is 0.0192. The molecular weight excluding hydrogens is 908 g/mol. The molecule has 0 radical (unpaired) electrons. The Bertz CT molecular complexity index is 1160. The minimum absolute atomic E-state index is 0.0669. The molecule has 0 aromatic heterocycles. The van der Waals surface area contributed by atoms with Crippen LogP contribution >= 0.6 is 7.82 Å². The lowest BCUT2D eigenvalue weighted by molar-refractivity contribution is -0.220. The van der Waals surface area contributed by atoms with E-state index in [9.17, 15) is 39.8 Å². The Balaban J connectivity index is 2.24. The number of phosphoric acid groups is 1. The van der Waals surface area contributed by atoms with Crippen LogP contribution in [0.5, 0.6) is 0 Å². The molecule has 1 aliphatic rings. The van der Waals surface area contributed by atoms with Crippen molar-refractivity contribution in [2.45, 2.75) is 339 Å². The van der Waals surface area contributed by atoms with E-state index in [0.29, 0.717) is 13.0 Å². The van der Waals surface area contributed by atoms with Gasteiger partial charge in [0.15, 0.2) is 0 Å². The summed E-state index contributed by atoms with van der Waals surface area (Å²) < 4.78 is 34.4. The fourth-order valence-corrected chi connectivity index (χ4v) is 10.7. The molecule has 1 saturated carbocycles. The van der Waals surface area contributed by atoms with Crippen LogP contribution in [0, 0.1) is 0 Å². The number of aliphatic hydroxyl groups is 5. The summed E-state index contributed by atoms with van der Waals surface area (Å²) in [6.45, 7) is 4.35. The zero-order chi connectivity index (χ0) is 51.2. The largest absolute Gasteiger partial charge is 0.472 e. The van der Waals surface area contributed by atoms with Crippen LogP contribution in [0.4, 0.5) is 0 Å². The van der Waals surface area contributed by atoms with Gasteiger partial charge in [-0.1, -0.05) is 277 Å². The standard InChI is InChI=1S/C57H113O12P/c1-3-5-7-9-11-13-15-17-19-21-23-24-25-26-27-29-31-33-35-37-39-41-43-45-47-66-48-50(49-67-70(64,65)69-57-55(62)53(60)52(59)54(61)56(57)63)68-51(58)46-44-42-40-38-36-34-32-30-28-22-20-18-16-14-12-10-8-6-4-2/h50,52-57,59-63H,3-49H2,1-2H3,(H,64,65). The van der Waals surface area contributed by atoms with Gasteiger partial charge in [-0.25, -0.2) is 4.57 Å². The number of carbonyl (C=O) groups excluding carboxylic acids is 1. The highest BCUT2D eigenvalue weighted by Crippen LogP contribution is 2.47. The highest BCUT2D eigenvalue weighted by molar-refractivity contribution is 7.47. The van der Waals surface area contributed by atoms with Gasteiger partial charge in [-0.3, -0.25) is 13.8 Å². The average molecular weight is 1020 g/mol. The SMILES string of the molecule is CCCCCCCCCCCCCCCCCCCCCCCCCCOCC(COP(=O)(O)OC1C(O)C(O)C(O)C(O)C1O)OC(=O)CCCCCCCCCCCCCCCCCCCCC. The van der Waals surface area contributed by atoms with Gasteiger partial charge < -0.3 is 39.9 Å². The number of unbranched alkanes of at least 4 members (excludes halogenated alkanes) is 41. The molecule has 6 N–H and O–H groups in total. The van der Waals surface area contributed by atoms with Crippen molar-refractivity contribution in [1.82, 2.24) is 0 Å². The monoisotopic (exact) mass is 1020 g/mol. The summed E-state index contributed by atoms with van der Waals surface area (Å²) in [6, 6.07) is 0. The molecule has 6 atom stereocenters. The van der Waals surface area contributed by atoms with Gasteiger partial charge in [-0.05, 0) is 12.8 Å². The molecule has 0 saturated heterocycles. The summed E-state index contributed by atoms with van der Waals surface area (Å²) >= 11 is 0. The van der Waals surface area contributed by atoms with E-state index in [-0.39, 0.29) is 13.0 Å². The lowest BCUT2D eigenvalue weighted by Gasteiger charge is -2.41. The van der Waals surface area contributed by atoms with Crippen molar-refractivity contribution in [1.29, 1.82) is 0 Å². The second-order valence-corrected chi connectivity index (χ2v) is 22.6. The van der Waals surface area contributed by atoms with Crippen LogP contribution in [-0.2, 0) is 27.9 Å². The van der Waals surface area contributed by atoms with Crippen molar-refractivity contribution in [3.63, 3.8) is 0 Å². The van der Waals surface area contributed by atoms with E-state index < -0.39 is 63.1 Å². The number of ether oxygens (including phenoxy) is 2. The van der Waals surface area contributed by atoms with Crippen molar-refractivity contribution in [3.8, 4) is 0 Å². The van der Waals surface area contributed by atoms with E-state index in [0.717, 1.165) is 38.5 Å². The second kappa shape index (κ2) is 48.0. The highest BCUT2D eigenvalue weighted by Gasteiger charge is 2.51. The first-order valence-electron chi connectivity index (χ1n) is 29.9. The third-order valence-corrected chi connectivity index (χ3v) is 15.5. The Labute approximate surface area is 429 Å². The van der Waals surface area contributed by atoms with E-state index in [2.05, 4.69) is 13.8 Å². The van der Waals surface area contributed by atoms with Gasteiger partial charge in [0.25, 0.3) is 0 Å². The Morgan fingerprint density at radius 3 is 0.986 bits per heavy atom. The topological polar surface area (TPSA) is 192 Å². The third kappa shape index (κ3) is 38.9. The Kier molecular flexibility index (Phi) is 46.2. The summed E-state index contributed by atoms with van der Waals surface area (Å²) in [5.41, 5.74) is 0. The molecule has 13 heteroatoms. The predicted molar refractivity (Wildman–Crippen MR) is 286 cm³/mol. The predicted octanol–water partition coefficient (Wildman–Crippen LogP) is 14.4. The van der Waals surface area contributed by atoms with E-state index in [1.54, 1.807) is 0 Å². The number of hydrogen-bond donors (Lipinski definition) is 6. The smallest absolute Gasteiger partial charge is 0.457 e. The maximum atomic E-state index is 12.9. The molecule has 12 nitrogen and oxygen atoms in total. The second-order valence-electron chi connectivity index (χ2n) is 21.2. The van der Waals surface area contributed by atoms with Crippen molar-refractivity contribution >= 4 is 13.8 Å². The van der Waals surface area contributed by atoms with Crippen molar-refractivity contribution in [2.24, 2.45) is 0 Å². The summed E-state index contributed by atoms with van der Waals surface area (Å²) in [6.07, 6.45) is 43.2. The molecule has 6 unspecified atom stereocenters. The van der Waals surface area contributed by atoms with Gasteiger partial charge in [-0.2, -0.15) is 0 Å². The summed E-state index contributed by atoms with van der Waals surface area (Å²) in [5.74, 6) is -0.467.